The van der Waals surface area contributed by atoms with Crippen LogP contribution in [0.1, 0.15) is 32.1 Å². The average molecular weight is 224 g/mol. The lowest BCUT2D eigenvalue weighted by molar-refractivity contribution is 0.143. The first-order valence-electron chi connectivity index (χ1n) is 5.91. The van der Waals surface area contributed by atoms with Crippen molar-refractivity contribution < 1.29 is 9.59 Å². The van der Waals surface area contributed by atoms with Crippen molar-refractivity contribution in [1.82, 2.24) is 20.9 Å². The molecule has 3 aliphatic rings. The van der Waals surface area contributed by atoms with Gasteiger partial charge in [0.05, 0.1) is 0 Å². The van der Waals surface area contributed by atoms with Gasteiger partial charge in [0, 0.05) is 6.04 Å². The van der Waals surface area contributed by atoms with Crippen molar-refractivity contribution in [3.8, 4) is 0 Å². The van der Waals surface area contributed by atoms with Crippen molar-refractivity contribution in [3.05, 3.63) is 0 Å². The summed E-state index contributed by atoms with van der Waals surface area (Å²) in [4.78, 5) is 24.8. The first kappa shape index (κ1) is 9.74. The van der Waals surface area contributed by atoms with E-state index in [-0.39, 0.29) is 30.4 Å². The Morgan fingerprint density at radius 3 is 2.50 bits per heavy atom. The summed E-state index contributed by atoms with van der Waals surface area (Å²) in [5.74, 6) is 0. The van der Waals surface area contributed by atoms with Crippen LogP contribution in [-0.2, 0) is 0 Å². The number of carbonyl (C=O) groups excluding carboxylic acids is 2. The van der Waals surface area contributed by atoms with Gasteiger partial charge < -0.3 is 16.0 Å². The van der Waals surface area contributed by atoms with Crippen LogP contribution in [0.5, 0.6) is 0 Å². The maximum Gasteiger partial charge on any atom is 0.321 e. The third-order valence-electron chi connectivity index (χ3n) is 3.66. The molecular formula is C10H16N4O2. The third-order valence-corrected chi connectivity index (χ3v) is 3.66. The Hall–Kier alpha value is -1.46. The van der Waals surface area contributed by atoms with E-state index in [0.29, 0.717) is 0 Å². The van der Waals surface area contributed by atoms with E-state index in [0.717, 1.165) is 12.8 Å². The molecule has 16 heavy (non-hydrogen) atoms. The van der Waals surface area contributed by atoms with Gasteiger partial charge in [0.15, 0.2) is 0 Å². The predicted octanol–water partition coefficient (Wildman–Crippen LogP) is 0.309. The Balaban J connectivity index is 1.77. The second kappa shape index (κ2) is 3.54. The molecule has 2 saturated heterocycles. The largest absolute Gasteiger partial charge is 0.321 e. The van der Waals surface area contributed by atoms with Gasteiger partial charge in [-0.2, -0.15) is 0 Å². The van der Waals surface area contributed by atoms with E-state index in [1.165, 1.54) is 19.3 Å². The van der Waals surface area contributed by atoms with E-state index in [4.69, 9.17) is 0 Å². The summed E-state index contributed by atoms with van der Waals surface area (Å²) in [6, 6.07) is 0.0224. The van der Waals surface area contributed by atoms with Gasteiger partial charge in [0.2, 0.25) is 0 Å². The van der Waals surface area contributed by atoms with Gasteiger partial charge in [-0.15, -0.1) is 0 Å². The summed E-state index contributed by atoms with van der Waals surface area (Å²) >= 11 is 0. The predicted molar refractivity (Wildman–Crippen MR) is 56.5 cm³/mol. The van der Waals surface area contributed by atoms with Crippen molar-refractivity contribution in [3.63, 3.8) is 0 Å². The van der Waals surface area contributed by atoms with E-state index in [9.17, 15) is 9.59 Å². The second-order valence-corrected chi connectivity index (χ2v) is 4.69. The van der Waals surface area contributed by atoms with Crippen LogP contribution >= 0.6 is 0 Å². The Kier molecular flexibility index (Phi) is 2.15. The fourth-order valence-corrected chi connectivity index (χ4v) is 2.91. The minimum Gasteiger partial charge on any atom is -0.314 e. The molecule has 3 rings (SSSR count). The lowest BCUT2D eigenvalue weighted by atomic mass is 9.94. The topological polar surface area (TPSA) is 73.5 Å². The fraction of sp³-hybridized carbons (Fsp3) is 0.800. The molecule has 0 aromatic heterocycles. The molecule has 2 heterocycles. The molecule has 0 bridgehead atoms. The number of hydrogen-bond acceptors (Lipinski definition) is 2. The van der Waals surface area contributed by atoms with Gasteiger partial charge in [0.25, 0.3) is 0 Å². The molecule has 88 valence electrons. The quantitative estimate of drug-likeness (QED) is 0.599. The summed E-state index contributed by atoms with van der Waals surface area (Å²) in [7, 11) is 0. The molecule has 2 aliphatic heterocycles. The lowest BCUT2D eigenvalue weighted by Gasteiger charge is -2.33. The molecule has 0 aromatic carbocycles. The van der Waals surface area contributed by atoms with Crippen LogP contribution in [0.2, 0.25) is 0 Å². The van der Waals surface area contributed by atoms with Crippen molar-refractivity contribution in [2.24, 2.45) is 0 Å². The average Bonchev–Trinajstić information content (AvgIpc) is 2.74. The molecule has 3 N–H and O–H groups in total. The molecule has 6 heteroatoms. The van der Waals surface area contributed by atoms with Crippen molar-refractivity contribution in [1.29, 1.82) is 0 Å². The Bertz CT molecular complexity index is 327. The number of hydrogen-bond donors (Lipinski definition) is 3. The first-order valence-corrected chi connectivity index (χ1v) is 5.91. The van der Waals surface area contributed by atoms with E-state index < -0.39 is 0 Å². The molecule has 0 spiro atoms. The maximum atomic E-state index is 11.8. The smallest absolute Gasteiger partial charge is 0.314 e. The lowest BCUT2D eigenvalue weighted by Crippen LogP contribution is -2.49. The van der Waals surface area contributed by atoms with E-state index in [1.807, 2.05) is 4.90 Å². The molecule has 2 atom stereocenters. The second-order valence-electron chi connectivity index (χ2n) is 4.69. The number of carbonyl (C=O) groups is 2. The summed E-state index contributed by atoms with van der Waals surface area (Å²) in [6.45, 7) is 0. The number of nitrogens with zero attached hydrogens (tertiary/aromatic N) is 1. The van der Waals surface area contributed by atoms with Crippen LogP contribution in [0.25, 0.3) is 0 Å². The first-order chi connectivity index (χ1) is 7.75. The highest BCUT2D eigenvalue weighted by molar-refractivity contribution is 5.85. The van der Waals surface area contributed by atoms with Gasteiger partial charge in [-0.3, -0.25) is 4.90 Å². The molecule has 0 aromatic rings. The number of fused-ring (bicyclic) bond motifs is 1. The molecule has 6 nitrogen and oxygen atoms in total. The highest BCUT2D eigenvalue weighted by atomic mass is 16.2. The van der Waals surface area contributed by atoms with Crippen LogP contribution in [0.15, 0.2) is 0 Å². The number of rotatable bonds is 1. The Morgan fingerprint density at radius 2 is 1.75 bits per heavy atom. The van der Waals surface area contributed by atoms with Crippen LogP contribution in [0.3, 0.4) is 0 Å². The number of urea groups is 2. The SMILES string of the molecule is O=C1N[C@@H]2NC(=O)N(C3CCCCC3)[C@@H]2N1. The Morgan fingerprint density at radius 1 is 1.00 bits per heavy atom. The van der Waals surface area contributed by atoms with Crippen LogP contribution < -0.4 is 16.0 Å². The van der Waals surface area contributed by atoms with Gasteiger partial charge in [-0.25, -0.2) is 9.59 Å². The highest BCUT2D eigenvalue weighted by Crippen LogP contribution is 2.27. The molecule has 0 unspecified atom stereocenters. The fourth-order valence-electron chi connectivity index (χ4n) is 2.91. The molecule has 0 radical (unpaired) electrons. The molecule has 1 aliphatic carbocycles. The zero-order valence-corrected chi connectivity index (χ0v) is 9.03. The number of amides is 4. The normalized spacial score (nSPS) is 34.4. The molecular weight excluding hydrogens is 208 g/mol. The molecule has 1 saturated carbocycles. The van der Waals surface area contributed by atoms with Gasteiger partial charge in [-0.1, -0.05) is 19.3 Å². The zero-order valence-electron chi connectivity index (χ0n) is 9.03. The number of nitrogens with one attached hydrogen (secondary N) is 3. The van der Waals surface area contributed by atoms with Crippen molar-refractivity contribution in [2.75, 3.05) is 0 Å². The third kappa shape index (κ3) is 1.40. The van der Waals surface area contributed by atoms with Gasteiger partial charge in [-0.05, 0) is 12.8 Å². The highest BCUT2D eigenvalue weighted by Gasteiger charge is 2.48. The summed E-state index contributed by atoms with van der Waals surface area (Å²) in [5.41, 5.74) is 0. The van der Waals surface area contributed by atoms with E-state index >= 15 is 0 Å². The summed E-state index contributed by atoms with van der Waals surface area (Å²) in [6.07, 6.45) is 5.23. The minimum absolute atomic E-state index is 0.0607. The van der Waals surface area contributed by atoms with Gasteiger partial charge >= 0.3 is 12.1 Å². The Labute approximate surface area is 93.7 Å². The monoisotopic (exact) mass is 224 g/mol. The van der Waals surface area contributed by atoms with E-state index in [1.54, 1.807) is 0 Å². The van der Waals surface area contributed by atoms with Crippen molar-refractivity contribution in [2.45, 2.75) is 50.5 Å². The molecule has 3 fully saturated rings. The summed E-state index contributed by atoms with van der Waals surface area (Å²) < 4.78 is 0. The van der Waals surface area contributed by atoms with Crippen molar-refractivity contribution >= 4 is 12.1 Å². The zero-order chi connectivity index (χ0) is 11.1. The maximum absolute atomic E-state index is 11.8. The van der Waals surface area contributed by atoms with Crippen LogP contribution in [0.4, 0.5) is 9.59 Å². The van der Waals surface area contributed by atoms with E-state index in [2.05, 4.69) is 16.0 Å². The van der Waals surface area contributed by atoms with Gasteiger partial charge in [0.1, 0.15) is 12.3 Å². The summed E-state index contributed by atoms with van der Waals surface area (Å²) in [5, 5.41) is 8.26. The van der Waals surface area contributed by atoms with Crippen LogP contribution in [0, 0.1) is 0 Å². The van der Waals surface area contributed by atoms with Crippen LogP contribution in [-0.4, -0.2) is 35.3 Å². The molecule has 4 amide bonds. The minimum atomic E-state index is -0.262. The standard InChI is InChI=1S/C10H16N4O2/c15-9-11-7-8(13-9)14(10(16)12-7)6-4-2-1-3-5-6/h6-8H,1-5H2,(H,12,16)(H2,11,13,15)/t7-,8+/m1/s1.